The largest absolute Gasteiger partial charge is 2.00 e. The van der Waals surface area contributed by atoms with E-state index >= 15 is 0 Å². The van der Waals surface area contributed by atoms with Crippen molar-refractivity contribution >= 4 is 35.5 Å². The Labute approximate surface area is 162 Å². The van der Waals surface area contributed by atoms with Gasteiger partial charge < -0.3 is 0 Å². The van der Waals surface area contributed by atoms with Gasteiger partial charge in [0.1, 0.15) is 0 Å². The molecule has 0 aliphatic carbocycles. The Morgan fingerprint density at radius 2 is 0.955 bits per heavy atom. The molecule has 0 bridgehead atoms. The van der Waals surface area contributed by atoms with Crippen molar-refractivity contribution in [3.8, 4) is 0 Å². The molecule has 0 aromatic carbocycles. The van der Waals surface area contributed by atoms with Crippen LogP contribution < -0.4 is 0 Å². The second kappa shape index (κ2) is 20.8. The van der Waals surface area contributed by atoms with Gasteiger partial charge in [-0.2, -0.15) is 0 Å². The van der Waals surface area contributed by atoms with E-state index in [0.717, 1.165) is 25.7 Å². The minimum absolute atomic E-state index is 0. The van der Waals surface area contributed by atoms with Gasteiger partial charge in [0, 0.05) is 0 Å². The number of allylic oxidation sites excluding steroid dienone is 8. The third-order valence-electron chi connectivity index (χ3n) is 2.88. The summed E-state index contributed by atoms with van der Waals surface area (Å²) < 4.78 is 0. The fourth-order valence-electron chi connectivity index (χ4n) is 1.38. The van der Waals surface area contributed by atoms with Crippen LogP contribution in [-0.4, -0.2) is 23.1 Å². The fourth-order valence-corrected chi connectivity index (χ4v) is 1.38. The summed E-state index contributed by atoms with van der Waals surface area (Å²) in [5.74, 6) is 0. The van der Waals surface area contributed by atoms with E-state index in [1.54, 1.807) is 0 Å². The number of hydrogen-bond donors (Lipinski definition) is 0. The predicted molar refractivity (Wildman–Crippen MR) is 109 cm³/mol. The van der Waals surface area contributed by atoms with Crippen LogP contribution in [-0.2, 0) is 0 Å². The third-order valence-corrected chi connectivity index (χ3v) is 2.88. The summed E-state index contributed by atoms with van der Waals surface area (Å²) in [4.78, 5) is 0. The SMILES string of the molecule is Cl.[CH2-]/C=C(\C)CCC=C(C)C.[CH2-]/C=C(\C)CCC=C(C)C.[Mg+2]. The minimum atomic E-state index is 0. The van der Waals surface area contributed by atoms with Gasteiger partial charge in [-0.15, -0.1) is 26.3 Å². The Bertz CT molecular complexity index is 316. The zero-order chi connectivity index (χ0) is 16.0. The summed E-state index contributed by atoms with van der Waals surface area (Å²) in [7, 11) is 0. The number of rotatable bonds is 6. The van der Waals surface area contributed by atoms with Gasteiger partial charge in [0.05, 0.1) is 0 Å². The maximum absolute atomic E-state index is 3.70. The molecule has 0 N–H and O–H groups in total. The summed E-state index contributed by atoms with van der Waals surface area (Å²) in [6.07, 6.45) is 13.0. The van der Waals surface area contributed by atoms with Crippen LogP contribution in [0.2, 0.25) is 0 Å². The van der Waals surface area contributed by atoms with E-state index in [2.05, 4.69) is 67.5 Å². The predicted octanol–water partition coefficient (Wildman–Crippen LogP) is 7.07. The molecule has 0 saturated heterocycles. The Morgan fingerprint density at radius 3 is 1.14 bits per heavy atom. The molecule has 0 aromatic heterocycles. The maximum atomic E-state index is 3.70. The second-order valence-corrected chi connectivity index (χ2v) is 5.74. The van der Waals surface area contributed by atoms with Gasteiger partial charge in [0.25, 0.3) is 0 Å². The molecule has 0 radical (unpaired) electrons. The van der Waals surface area contributed by atoms with Crippen LogP contribution in [0.25, 0.3) is 0 Å². The molecule has 0 aliphatic heterocycles. The van der Waals surface area contributed by atoms with Crippen molar-refractivity contribution in [2.45, 2.75) is 67.2 Å². The van der Waals surface area contributed by atoms with Crippen molar-refractivity contribution in [2.75, 3.05) is 0 Å². The first-order chi connectivity index (χ1) is 9.33. The summed E-state index contributed by atoms with van der Waals surface area (Å²) in [5.41, 5.74) is 5.55. The second-order valence-electron chi connectivity index (χ2n) is 5.74. The molecule has 22 heavy (non-hydrogen) atoms. The van der Waals surface area contributed by atoms with Crippen molar-refractivity contribution in [1.29, 1.82) is 0 Å². The first kappa shape index (κ1) is 29.7. The molecule has 0 heterocycles. The fraction of sp³-hybridized carbons (Fsp3) is 0.500. The smallest absolute Gasteiger partial charge is 0.245 e. The van der Waals surface area contributed by atoms with Crippen LogP contribution in [0.5, 0.6) is 0 Å². The van der Waals surface area contributed by atoms with Gasteiger partial charge in [-0.3, -0.25) is 0 Å². The van der Waals surface area contributed by atoms with E-state index in [4.69, 9.17) is 0 Å². The summed E-state index contributed by atoms with van der Waals surface area (Å²) >= 11 is 0. The molecule has 0 aromatic rings. The molecule has 0 atom stereocenters. The van der Waals surface area contributed by atoms with Gasteiger partial charge >= 0.3 is 23.1 Å². The van der Waals surface area contributed by atoms with Crippen molar-refractivity contribution in [1.82, 2.24) is 0 Å². The van der Waals surface area contributed by atoms with Crippen molar-refractivity contribution in [3.63, 3.8) is 0 Å². The molecule has 0 nitrogen and oxygen atoms in total. The summed E-state index contributed by atoms with van der Waals surface area (Å²) in [6.45, 7) is 20.1. The van der Waals surface area contributed by atoms with E-state index in [-0.39, 0.29) is 35.5 Å². The Balaban J connectivity index is -0.000000135. The Morgan fingerprint density at radius 1 is 0.682 bits per heavy atom. The van der Waals surface area contributed by atoms with Crippen LogP contribution in [0.4, 0.5) is 0 Å². The molecule has 0 aliphatic rings. The van der Waals surface area contributed by atoms with Crippen molar-refractivity contribution in [2.24, 2.45) is 0 Å². The van der Waals surface area contributed by atoms with Crippen LogP contribution in [0.1, 0.15) is 67.2 Å². The van der Waals surface area contributed by atoms with Gasteiger partial charge in [0.2, 0.25) is 0 Å². The maximum Gasteiger partial charge on any atom is 2.00 e. The van der Waals surface area contributed by atoms with Crippen LogP contribution in [0.3, 0.4) is 0 Å². The van der Waals surface area contributed by atoms with E-state index in [0.29, 0.717) is 0 Å². The first-order valence-electron chi connectivity index (χ1n) is 7.49. The molecule has 0 amide bonds. The average Bonchev–Trinajstić information content (AvgIpc) is 2.38. The van der Waals surface area contributed by atoms with Crippen molar-refractivity contribution < 1.29 is 0 Å². The quantitative estimate of drug-likeness (QED) is 0.277. The molecule has 0 spiro atoms. The van der Waals surface area contributed by atoms with Gasteiger partial charge in [0.15, 0.2) is 0 Å². The Hall–Kier alpha value is -0.244. The molecule has 0 unspecified atom stereocenters. The van der Waals surface area contributed by atoms with Crippen LogP contribution in [0, 0.1) is 13.8 Å². The molecular formula is C20H35ClMg. The monoisotopic (exact) mass is 334 g/mol. The zero-order valence-corrected chi connectivity index (χ0v) is 17.9. The van der Waals surface area contributed by atoms with Crippen LogP contribution >= 0.6 is 12.4 Å². The van der Waals surface area contributed by atoms with Gasteiger partial charge in [-0.05, 0) is 40.5 Å². The van der Waals surface area contributed by atoms with Crippen LogP contribution in [0.15, 0.2) is 46.6 Å². The molecule has 0 fully saturated rings. The summed E-state index contributed by atoms with van der Waals surface area (Å²) in [6, 6.07) is 0. The minimum Gasteiger partial charge on any atom is -0.245 e. The zero-order valence-electron chi connectivity index (χ0n) is 15.7. The molecule has 124 valence electrons. The first-order valence-corrected chi connectivity index (χ1v) is 7.49. The summed E-state index contributed by atoms with van der Waals surface area (Å²) in [5, 5.41) is 0. The molecule has 0 rings (SSSR count). The van der Waals surface area contributed by atoms with E-state index in [1.165, 1.54) is 22.3 Å². The van der Waals surface area contributed by atoms with Crippen molar-refractivity contribution in [3.05, 3.63) is 60.4 Å². The topological polar surface area (TPSA) is 0 Å². The molecule has 0 saturated carbocycles. The Kier molecular flexibility index (Phi) is 28.0. The van der Waals surface area contributed by atoms with E-state index in [1.807, 2.05) is 12.2 Å². The van der Waals surface area contributed by atoms with Gasteiger partial charge in [-0.25, -0.2) is 37.1 Å². The average molecular weight is 335 g/mol. The normalized spacial score (nSPS) is 10.3. The number of hydrogen-bond acceptors (Lipinski definition) is 0. The number of halogens is 1. The molecule has 2 heteroatoms. The van der Waals surface area contributed by atoms with E-state index in [9.17, 15) is 0 Å². The standard InChI is InChI=1S/2C10H17.ClH.Mg/c2*1-5-10(4)8-6-7-9(2)3;;/h2*5,7H,1,6,8H2,2-4H3;1H;/q2*-1;;+2/b2*10-5+;;. The van der Waals surface area contributed by atoms with Gasteiger partial charge in [-0.1, -0.05) is 36.1 Å². The molecular weight excluding hydrogens is 300 g/mol. The third kappa shape index (κ3) is 28.0. The van der Waals surface area contributed by atoms with E-state index < -0.39 is 0 Å².